The lowest BCUT2D eigenvalue weighted by Crippen LogP contribution is -2.26. The van der Waals surface area contributed by atoms with Gasteiger partial charge >= 0.3 is 0 Å². The fraction of sp³-hybridized carbons (Fsp3) is 0.190. The number of fused-ring (bicyclic) bond motifs is 2. The van der Waals surface area contributed by atoms with Crippen molar-refractivity contribution in [1.82, 2.24) is 0 Å². The molecule has 1 heterocycles. The number of hydrogen-bond acceptors (Lipinski definition) is 9. The summed E-state index contributed by atoms with van der Waals surface area (Å²) in [6.45, 7) is 4.75. The molecule has 0 aliphatic carbocycles. The number of methoxy groups -OCH3 is 2. The number of allylic oxidation sites excluding steroid dienone is 1. The van der Waals surface area contributed by atoms with Gasteiger partial charge in [0.1, 0.15) is 29.2 Å². The normalized spacial score (nSPS) is 11.3. The monoisotopic (exact) mass is 678 g/mol. The van der Waals surface area contributed by atoms with Crippen molar-refractivity contribution >= 4 is 34.5 Å². The molecular formula is C42H38N4O5. The maximum absolute atomic E-state index is 9.30. The molecule has 5 aromatic rings. The Balaban J connectivity index is 1.31. The molecule has 0 saturated heterocycles. The van der Waals surface area contributed by atoms with Gasteiger partial charge in [0, 0.05) is 30.2 Å². The van der Waals surface area contributed by atoms with Crippen LogP contribution in [0.1, 0.15) is 12.5 Å². The Morgan fingerprint density at radius 1 is 0.667 bits per heavy atom. The Bertz CT molecular complexity index is 2000. The van der Waals surface area contributed by atoms with Gasteiger partial charge in [0.15, 0.2) is 11.5 Å². The van der Waals surface area contributed by atoms with Gasteiger partial charge in [-0.15, -0.1) is 0 Å². The zero-order valence-electron chi connectivity index (χ0n) is 28.8. The molecule has 0 saturated carbocycles. The van der Waals surface area contributed by atoms with Crippen LogP contribution in [0.5, 0.6) is 23.0 Å². The predicted molar refractivity (Wildman–Crippen MR) is 200 cm³/mol. The number of ether oxygens (including phenoxy) is 5. The zero-order chi connectivity index (χ0) is 35.6. The van der Waals surface area contributed by atoms with Crippen molar-refractivity contribution in [3.8, 4) is 46.3 Å². The van der Waals surface area contributed by atoms with Gasteiger partial charge in [0.2, 0.25) is 0 Å². The summed E-state index contributed by atoms with van der Waals surface area (Å²) >= 11 is 0. The first kappa shape index (κ1) is 34.6. The maximum atomic E-state index is 9.30. The van der Waals surface area contributed by atoms with Gasteiger partial charge in [0.05, 0.1) is 45.4 Å². The van der Waals surface area contributed by atoms with Gasteiger partial charge < -0.3 is 33.5 Å². The Kier molecular flexibility index (Phi) is 11.1. The van der Waals surface area contributed by atoms with Crippen molar-refractivity contribution < 1.29 is 23.7 Å². The molecule has 1 aliphatic heterocycles. The third-order valence-corrected chi connectivity index (χ3v) is 8.45. The van der Waals surface area contributed by atoms with E-state index >= 15 is 0 Å². The number of benzene rings is 5. The van der Waals surface area contributed by atoms with Gasteiger partial charge in [0.25, 0.3) is 0 Å². The lowest BCUT2D eigenvalue weighted by atomic mass is 10.0. The molecule has 0 aromatic heterocycles. The number of nitriles is 2. The number of hydrogen-bond donors (Lipinski definition) is 0. The molecule has 0 spiro atoms. The fourth-order valence-electron chi connectivity index (χ4n) is 5.90. The minimum atomic E-state index is 0.0222. The van der Waals surface area contributed by atoms with Crippen LogP contribution in [0.25, 0.3) is 17.2 Å². The first-order chi connectivity index (χ1) is 25.0. The summed E-state index contributed by atoms with van der Waals surface area (Å²) in [6, 6.07) is 40.1. The lowest BCUT2D eigenvalue weighted by Gasteiger charge is -2.33. The van der Waals surface area contributed by atoms with Crippen molar-refractivity contribution in [3.05, 3.63) is 120 Å². The second-order valence-corrected chi connectivity index (χ2v) is 11.5. The zero-order valence-corrected chi connectivity index (χ0v) is 28.8. The molecule has 0 radical (unpaired) electrons. The minimum absolute atomic E-state index is 0.0222. The van der Waals surface area contributed by atoms with Crippen LogP contribution in [0.4, 0.5) is 28.4 Å². The quantitative estimate of drug-likeness (QED) is 0.0840. The molecule has 1 aliphatic rings. The van der Waals surface area contributed by atoms with E-state index < -0.39 is 0 Å². The highest BCUT2D eigenvalue weighted by Gasteiger charge is 2.25. The SMILES string of the molecule is CCOCCOCCN1c2ccc(C=C(C#N)C#N)cc2Oc2cc(-c3ccc(N(c4ccc(OC)cc4)c4ccc(OC)cc4)cc3)ccc21. The molecule has 0 N–H and O–H groups in total. The average Bonchev–Trinajstić information content (AvgIpc) is 3.18. The highest BCUT2D eigenvalue weighted by Crippen LogP contribution is 2.48. The first-order valence-corrected chi connectivity index (χ1v) is 16.6. The lowest BCUT2D eigenvalue weighted by molar-refractivity contribution is 0.0560. The van der Waals surface area contributed by atoms with Gasteiger partial charge in [-0.05, 0) is 115 Å². The fourth-order valence-corrected chi connectivity index (χ4v) is 5.90. The Labute approximate surface area is 298 Å². The van der Waals surface area contributed by atoms with Gasteiger partial charge in [-0.2, -0.15) is 10.5 Å². The van der Waals surface area contributed by atoms with Crippen molar-refractivity contribution in [1.29, 1.82) is 10.5 Å². The Morgan fingerprint density at radius 2 is 1.20 bits per heavy atom. The summed E-state index contributed by atoms with van der Waals surface area (Å²) in [5.74, 6) is 2.90. The van der Waals surface area contributed by atoms with E-state index in [1.165, 1.54) is 0 Å². The van der Waals surface area contributed by atoms with E-state index in [0.717, 1.165) is 51.1 Å². The van der Waals surface area contributed by atoms with Crippen LogP contribution >= 0.6 is 0 Å². The largest absolute Gasteiger partial charge is 0.497 e. The molecule has 0 bridgehead atoms. The highest BCUT2D eigenvalue weighted by molar-refractivity contribution is 5.83. The van der Waals surface area contributed by atoms with E-state index in [9.17, 15) is 10.5 Å². The second-order valence-electron chi connectivity index (χ2n) is 11.5. The summed E-state index contributed by atoms with van der Waals surface area (Å²) in [6.07, 6.45) is 1.56. The van der Waals surface area contributed by atoms with Crippen LogP contribution in [-0.2, 0) is 9.47 Å². The van der Waals surface area contributed by atoms with Crippen LogP contribution in [0.2, 0.25) is 0 Å². The molecular weight excluding hydrogens is 640 g/mol. The average molecular weight is 679 g/mol. The minimum Gasteiger partial charge on any atom is -0.497 e. The van der Waals surface area contributed by atoms with Crippen molar-refractivity contribution in [3.63, 3.8) is 0 Å². The molecule has 9 heteroatoms. The molecule has 51 heavy (non-hydrogen) atoms. The molecule has 9 nitrogen and oxygen atoms in total. The topological polar surface area (TPSA) is 100 Å². The summed E-state index contributed by atoms with van der Waals surface area (Å²) < 4.78 is 28.6. The van der Waals surface area contributed by atoms with Crippen molar-refractivity contribution in [2.45, 2.75) is 6.92 Å². The number of rotatable bonds is 14. The van der Waals surface area contributed by atoms with E-state index in [4.69, 9.17) is 23.7 Å². The van der Waals surface area contributed by atoms with Gasteiger partial charge in [-0.1, -0.05) is 24.3 Å². The van der Waals surface area contributed by atoms with Crippen LogP contribution in [-0.4, -0.2) is 47.2 Å². The summed E-state index contributed by atoms with van der Waals surface area (Å²) in [4.78, 5) is 4.35. The third kappa shape index (κ3) is 7.98. The van der Waals surface area contributed by atoms with Crippen molar-refractivity contribution in [2.24, 2.45) is 0 Å². The molecule has 0 fully saturated rings. The van der Waals surface area contributed by atoms with E-state index in [0.29, 0.717) is 50.0 Å². The standard InChI is InChI=1S/C42H38N4O5/c1-4-49-23-24-50-22-21-45-39-19-5-30(25-31(28-43)29-44)26-41(39)51-42-27-33(8-20-40(42)45)32-6-9-34(10-7-32)46(35-11-15-37(47-2)16-12-35)36-13-17-38(48-3)18-14-36/h5-20,25-27H,4,21-24H2,1-3H3. The number of anilines is 5. The summed E-state index contributed by atoms with van der Waals surface area (Å²) in [7, 11) is 3.32. The van der Waals surface area contributed by atoms with Crippen molar-refractivity contribution in [2.75, 3.05) is 57.0 Å². The molecule has 0 amide bonds. The van der Waals surface area contributed by atoms with E-state index in [1.807, 2.05) is 91.9 Å². The Hall–Kier alpha value is -6.26. The van der Waals surface area contributed by atoms with Crippen LogP contribution in [0.3, 0.4) is 0 Å². The van der Waals surface area contributed by atoms with Gasteiger partial charge in [-0.3, -0.25) is 0 Å². The molecule has 5 aromatic carbocycles. The van der Waals surface area contributed by atoms with E-state index in [-0.39, 0.29) is 5.57 Å². The predicted octanol–water partition coefficient (Wildman–Crippen LogP) is 9.57. The molecule has 256 valence electrons. The third-order valence-electron chi connectivity index (χ3n) is 8.45. The molecule has 0 atom stereocenters. The van der Waals surface area contributed by atoms with E-state index in [1.54, 1.807) is 20.3 Å². The maximum Gasteiger partial charge on any atom is 0.151 e. The highest BCUT2D eigenvalue weighted by atomic mass is 16.5. The molecule has 0 unspecified atom stereocenters. The van der Waals surface area contributed by atoms with Crippen LogP contribution in [0.15, 0.2) is 115 Å². The Morgan fingerprint density at radius 3 is 1.76 bits per heavy atom. The first-order valence-electron chi connectivity index (χ1n) is 16.6. The van der Waals surface area contributed by atoms with Gasteiger partial charge in [-0.25, -0.2) is 0 Å². The summed E-state index contributed by atoms with van der Waals surface area (Å²) in [5.41, 5.74) is 7.49. The van der Waals surface area contributed by atoms with E-state index in [2.05, 4.69) is 46.2 Å². The van der Waals surface area contributed by atoms with Crippen LogP contribution in [0, 0.1) is 22.7 Å². The summed E-state index contributed by atoms with van der Waals surface area (Å²) in [5, 5.41) is 18.6. The second kappa shape index (κ2) is 16.4. The van der Waals surface area contributed by atoms with Crippen LogP contribution < -0.4 is 24.0 Å². The molecule has 6 rings (SSSR count). The number of nitrogens with zero attached hydrogens (tertiary/aromatic N) is 4. The smallest absolute Gasteiger partial charge is 0.151 e.